The molecule has 0 saturated heterocycles. The number of nitrogens with one attached hydrogen (secondary N) is 1. The quantitative estimate of drug-likeness (QED) is 0.645. The zero-order valence-electron chi connectivity index (χ0n) is 10.1. The Morgan fingerprint density at radius 1 is 1.25 bits per heavy atom. The molecule has 0 radical (unpaired) electrons. The third kappa shape index (κ3) is 2.30. The highest BCUT2D eigenvalue weighted by Gasteiger charge is 2.20. The predicted molar refractivity (Wildman–Crippen MR) is 72.0 cm³/mol. The number of amides is 1. The van der Waals surface area contributed by atoms with Crippen molar-refractivity contribution in [3.8, 4) is 11.5 Å². The summed E-state index contributed by atoms with van der Waals surface area (Å²) in [6, 6.07) is 4.50. The Morgan fingerprint density at radius 2 is 2.00 bits per heavy atom. The summed E-state index contributed by atoms with van der Waals surface area (Å²) in [7, 11) is 0. The molecule has 20 heavy (non-hydrogen) atoms. The van der Waals surface area contributed by atoms with Crippen molar-refractivity contribution in [3.63, 3.8) is 0 Å². The summed E-state index contributed by atoms with van der Waals surface area (Å²) in [5.41, 5.74) is 6.37. The van der Waals surface area contributed by atoms with E-state index >= 15 is 0 Å². The van der Waals surface area contributed by atoms with Crippen LogP contribution in [0.5, 0.6) is 11.5 Å². The van der Waals surface area contributed by atoms with Crippen LogP contribution in [0.4, 0.5) is 11.5 Å². The fourth-order valence-electron chi connectivity index (χ4n) is 1.74. The number of nitrogens with zero attached hydrogens (tertiary/aromatic N) is 2. The van der Waals surface area contributed by atoms with Crippen molar-refractivity contribution < 1.29 is 14.3 Å². The van der Waals surface area contributed by atoms with Gasteiger partial charge in [0, 0.05) is 17.8 Å². The Balaban J connectivity index is 1.87. The Morgan fingerprint density at radius 3 is 2.75 bits per heavy atom. The summed E-state index contributed by atoms with van der Waals surface area (Å²) >= 11 is 5.72. The number of aromatic nitrogens is 2. The van der Waals surface area contributed by atoms with Gasteiger partial charge in [0.05, 0.1) is 5.56 Å². The number of nitrogens with two attached hydrogens (primary N) is 1. The van der Waals surface area contributed by atoms with Crippen LogP contribution >= 0.6 is 11.6 Å². The second kappa shape index (κ2) is 4.86. The molecule has 102 valence electrons. The molecule has 3 N–H and O–H groups in total. The maximum Gasteiger partial charge on any atom is 0.259 e. The number of benzene rings is 1. The van der Waals surface area contributed by atoms with Crippen LogP contribution in [0.15, 0.2) is 24.5 Å². The molecule has 1 amide bonds. The Hall–Kier alpha value is -2.54. The lowest BCUT2D eigenvalue weighted by Crippen LogP contribution is -2.15. The first kappa shape index (κ1) is 12.5. The van der Waals surface area contributed by atoms with E-state index in [1.165, 1.54) is 18.5 Å². The number of fused-ring (bicyclic) bond motifs is 1. The molecule has 0 bridgehead atoms. The van der Waals surface area contributed by atoms with Crippen molar-refractivity contribution in [1.29, 1.82) is 0 Å². The molecule has 0 atom stereocenters. The van der Waals surface area contributed by atoms with Crippen LogP contribution in [0.25, 0.3) is 0 Å². The van der Waals surface area contributed by atoms with Crippen LogP contribution in [0.1, 0.15) is 10.4 Å². The van der Waals surface area contributed by atoms with Crippen molar-refractivity contribution in [1.82, 2.24) is 9.97 Å². The first-order chi connectivity index (χ1) is 9.63. The average Bonchev–Trinajstić information content (AvgIpc) is 2.84. The summed E-state index contributed by atoms with van der Waals surface area (Å²) in [5.74, 6) is 0.858. The van der Waals surface area contributed by atoms with Gasteiger partial charge in [-0.15, -0.1) is 0 Å². The van der Waals surface area contributed by atoms with E-state index in [0.29, 0.717) is 11.5 Å². The normalized spacial score (nSPS) is 12.2. The fourth-order valence-corrected chi connectivity index (χ4v) is 1.89. The van der Waals surface area contributed by atoms with Gasteiger partial charge in [0.2, 0.25) is 6.79 Å². The van der Waals surface area contributed by atoms with Gasteiger partial charge in [0.1, 0.15) is 17.3 Å². The van der Waals surface area contributed by atoms with Crippen LogP contribution in [0.2, 0.25) is 5.15 Å². The topological polar surface area (TPSA) is 99.4 Å². The molecule has 8 heteroatoms. The van der Waals surface area contributed by atoms with Gasteiger partial charge in [0.25, 0.3) is 5.91 Å². The molecule has 0 unspecified atom stereocenters. The standard InChI is InChI=1S/C12H9ClN4O3/c13-10-3-11(16-4-15-10)17-12(18)6-1-8-9(2-7(6)14)20-5-19-8/h1-4H,5,14H2,(H,15,16,17,18). The number of nitrogen functional groups attached to an aromatic ring is 1. The third-order valence-electron chi connectivity index (χ3n) is 2.66. The molecule has 1 aliphatic rings. The van der Waals surface area contributed by atoms with Crippen molar-refractivity contribution in [2.75, 3.05) is 17.8 Å². The number of hydrogen-bond acceptors (Lipinski definition) is 6. The lowest BCUT2D eigenvalue weighted by Gasteiger charge is -2.08. The van der Waals surface area contributed by atoms with Crippen LogP contribution in [0.3, 0.4) is 0 Å². The highest BCUT2D eigenvalue weighted by atomic mass is 35.5. The lowest BCUT2D eigenvalue weighted by atomic mass is 10.1. The minimum atomic E-state index is -0.421. The molecule has 2 aromatic rings. The minimum Gasteiger partial charge on any atom is -0.454 e. The fraction of sp³-hybridized carbons (Fsp3) is 0.0833. The molecule has 0 aliphatic carbocycles. The molecular weight excluding hydrogens is 284 g/mol. The van der Waals surface area contributed by atoms with E-state index < -0.39 is 5.91 Å². The summed E-state index contributed by atoms with van der Waals surface area (Å²) in [6.07, 6.45) is 1.25. The summed E-state index contributed by atoms with van der Waals surface area (Å²) in [5, 5.41) is 2.81. The van der Waals surface area contributed by atoms with E-state index in [4.69, 9.17) is 26.8 Å². The number of rotatable bonds is 2. The van der Waals surface area contributed by atoms with Gasteiger partial charge in [0.15, 0.2) is 11.5 Å². The summed E-state index contributed by atoms with van der Waals surface area (Å²) in [6.45, 7) is 0.112. The molecule has 0 saturated carbocycles. The van der Waals surface area contributed by atoms with Gasteiger partial charge in [-0.3, -0.25) is 4.79 Å². The molecule has 2 heterocycles. The largest absolute Gasteiger partial charge is 0.454 e. The first-order valence-electron chi connectivity index (χ1n) is 5.61. The van der Waals surface area contributed by atoms with Gasteiger partial charge < -0.3 is 20.5 Å². The van der Waals surface area contributed by atoms with E-state index in [1.807, 2.05) is 0 Å². The molecule has 0 spiro atoms. The van der Waals surface area contributed by atoms with Crippen molar-refractivity contribution in [3.05, 3.63) is 35.2 Å². The van der Waals surface area contributed by atoms with Gasteiger partial charge in [-0.25, -0.2) is 9.97 Å². The maximum atomic E-state index is 12.2. The smallest absolute Gasteiger partial charge is 0.259 e. The van der Waals surface area contributed by atoms with E-state index in [1.54, 1.807) is 6.07 Å². The molecule has 3 rings (SSSR count). The van der Waals surface area contributed by atoms with E-state index in [9.17, 15) is 4.79 Å². The number of carbonyl (C=O) groups excluding carboxylic acids is 1. The monoisotopic (exact) mass is 292 g/mol. The van der Waals surface area contributed by atoms with E-state index in [-0.39, 0.29) is 29.0 Å². The van der Waals surface area contributed by atoms with Gasteiger partial charge in [-0.05, 0) is 6.07 Å². The van der Waals surface area contributed by atoms with Crippen molar-refractivity contribution >= 4 is 29.0 Å². The zero-order valence-corrected chi connectivity index (χ0v) is 10.8. The van der Waals surface area contributed by atoms with E-state index in [2.05, 4.69) is 15.3 Å². The molecule has 1 aromatic heterocycles. The molecule has 7 nitrogen and oxygen atoms in total. The van der Waals surface area contributed by atoms with Crippen LogP contribution < -0.4 is 20.5 Å². The third-order valence-corrected chi connectivity index (χ3v) is 2.87. The highest BCUT2D eigenvalue weighted by molar-refractivity contribution is 6.29. The number of anilines is 2. The van der Waals surface area contributed by atoms with Crippen LogP contribution in [0, 0.1) is 0 Å². The lowest BCUT2D eigenvalue weighted by molar-refractivity contribution is 0.102. The Kier molecular flexibility index (Phi) is 3.03. The second-order valence-corrected chi connectivity index (χ2v) is 4.36. The predicted octanol–water partition coefficient (Wildman–Crippen LogP) is 1.69. The minimum absolute atomic E-state index is 0.112. The Bertz CT molecular complexity index is 692. The Labute approximate surface area is 118 Å². The van der Waals surface area contributed by atoms with Crippen molar-refractivity contribution in [2.45, 2.75) is 0 Å². The number of ether oxygens (including phenoxy) is 2. The molecule has 1 aliphatic heterocycles. The van der Waals surface area contributed by atoms with Gasteiger partial charge in [-0.2, -0.15) is 0 Å². The summed E-state index contributed by atoms with van der Waals surface area (Å²) in [4.78, 5) is 19.8. The van der Waals surface area contributed by atoms with Gasteiger partial charge >= 0.3 is 0 Å². The highest BCUT2D eigenvalue weighted by Crippen LogP contribution is 2.36. The number of hydrogen-bond donors (Lipinski definition) is 2. The molecular formula is C12H9ClN4O3. The van der Waals surface area contributed by atoms with Crippen LogP contribution in [-0.2, 0) is 0 Å². The molecule has 0 fully saturated rings. The zero-order chi connectivity index (χ0) is 14.1. The molecule has 1 aromatic carbocycles. The average molecular weight is 293 g/mol. The van der Waals surface area contributed by atoms with Crippen molar-refractivity contribution in [2.24, 2.45) is 0 Å². The van der Waals surface area contributed by atoms with Crippen LogP contribution in [-0.4, -0.2) is 22.7 Å². The number of halogens is 1. The van der Waals surface area contributed by atoms with E-state index in [0.717, 1.165) is 0 Å². The van der Waals surface area contributed by atoms with Gasteiger partial charge in [-0.1, -0.05) is 11.6 Å². The first-order valence-corrected chi connectivity index (χ1v) is 5.99. The number of carbonyl (C=O) groups is 1. The second-order valence-electron chi connectivity index (χ2n) is 3.97. The summed E-state index contributed by atoms with van der Waals surface area (Å²) < 4.78 is 10.4. The SMILES string of the molecule is Nc1cc2c(cc1C(=O)Nc1cc(Cl)ncn1)OCO2. The maximum absolute atomic E-state index is 12.2.